The fraction of sp³-hybridized carbons (Fsp3) is 0.345. The van der Waals surface area contributed by atoms with Gasteiger partial charge in [0.25, 0.3) is 0 Å². The number of nitrogens with zero attached hydrogens (tertiary/aromatic N) is 4. The fourth-order valence-electron chi connectivity index (χ4n) is 4.69. The zero-order chi connectivity index (χ0) is 25.5. The highest BCUT2D eigenvalue weighted by Crippen LogP contribution is 2.24. The molecule has 0 aliphatic carbocycles. The molecule has 188 valence electrons. The summed E-state index contributed by atoms with van der Waals surface area (Å²) >= 11 is 0. The van der Waals surface area contributed by atoms with Gasteiger partial charge in [0.1, 0.15) is 5.82 Å². The van der Waals surface area contributed by atoms with Gasteiger partial charge in [-0.2, -0.15) is 0 Å². The molecule has 6 nitrogen and oxygen atoms in total. The number of carbonyl (C=O) groups is 2. The van der Waals surface area contributed by atoms with Crippen LogP contribution in [0.4, 0.5) is 10.1 Å². The van der Waals surface area contributed by atoms with Gasteiger partial charge in [0.05, 0.1) is 12.1 Å². The number of halogens is 1. The first-order valence-corrected chi connectivity index (χ1v) is 12.4. The van der Waals surface area contributed by atoms with Crippen molar-refractivity contribution < 1.29 is 14.0 Å². The molecule has 0 saturated heterocycles. The van der Waals surface area contributed by atoms with Crippen molar-refractivity contribution in [3.8, 4) is 0 Å². The lowest BCUT2D eigenvalue weighted by Gasteiger charge is -2.28. The predicted octanol–water partition coefficient (Wildman–Crippen LogP) is 4.36. The molecule has 1 aromatic heterocycles. The van der Waals surface area contributed by atoms with Crippen LogP contribution >= 0.6 is 0 Å². The van der Waals surface area contributed by atoms with E-state index in [-0.39, 0.29) is 24.1 Å². The van der Waals surface area contributed by atoms with Crippen molar-refractivity contribution in [1.29, 1.82) is 0 Å². The van der Waals surface area contributed by atoms with Crippen LogP contribution in [0.5, 0.6) is 0 Å². The van der Waals surface area contributed by atoms with E-state index in [0.29, 0.717) is 32.7 Å². The van der Waals surface area contributed by atoms with E-state index in [1.165, 1.54) is 12.1 Å². The average molecular weight is 489 g/mol. The van der Waals surface area contributed by atoms with Gasteiger partial charge >= 0.3 is 0 Å². The molecule has 0 N–H and O–H groups in total. The molecule has 2 amide bonds. The zero-order valence-electron chi connectivity index (χ0n) is 21.0. The third-order valence-electron chi connectivity index (χ3n) is 6.68. The third kappa shape index (κ3) is 6.55. The first-order valence-electron chi connectivity index (χ1n) is 12.4. The molecule has 2 aromatic carbocycles. The van der Waals surface area contributed by atoms with Gasteiger partial charge in [0.15, 0.2) is 0 Å². The molecule has 0 fully saturated rings. The molecule has 7 heteroatoms. The summed E-state index contributed by atoms with van der Waals surface area (Å²) in [4.78, 5) is 36.6. The van der Waals surface area contributed by atoms with Crippen molar-refractivity contribution in [2.45, 2.75) is 39.8 Å². The highest BCUT2D eigenvalue weighted by atomic mass is 19.1. The molecule has 0 bridgehead atoms. The Labute approximate surface area is 212 Å². The number of aryl methyl sites for hydroxylation is 1. The summed E-state index contributed by atoms with van der Waals surface area (Å²) < 4.78 is 13.6. The molecule has 0 spiro atoms. The number of hydrogen-bond acceptors (Lipinski definition) is 4. The minimum absolute atomic E-state index is 0.0159. The first-order chi connectivity index (χ1) is 17.4. The normalized spacial score (nSPS) is 15.2. The van der Waals surface area contributed by atoms with E-state index in [0.717, 1.165) is 41.0 Å². The number of para-hydroxylation sites is 1. The summed E-state index contributed by atoms with van der Waals surface area (Å²) in [6, 6.07) is 18.2. The van der Waals surface area contributed by atoms with Crippen LogP contribution in [0.1, 0.15) is 35.7 Å². The number of fused-ring (bicyclic) bond motifs is 1. The number of anilines is 1. The summed E-state index contributed by atoms with van der Waals surface area (Å²) in [6.45, 7) is 7.10. The van der Waals surface area contributed by atoms with E-state index in [1.54, 1.807) is 19.2 Å². The monoisotopic (exact) mass is 488 g/mol. The lowest BCUT2D eigenvalue weighted by Crippen LogP contribution is -2.39. The Morgan fingerprint density at radius 2 is 1.78 bits per heavy atom. The lowest BCUT2D eigenvalue weighted by atomic mass is 10.0. The summed E-state index contributed by atoms with van der Waals surface area (Å²) in [5, 5.41) is 0. The SMILES string of the molecule is CC(=O)N1CCCN(Cc2ccccn2)CCN(C(=O)Cc2ccc(F)cc2C)Cc2ccccc21. The van der Waals surface area contributed by atoms with Crippen molar-refractivity contribution in [2.24, 2.45) is 0 Å². The minimum atomic E-state index is -0.303. The number of pyridine rings is 1. The summed E-state index contributed by atoms with van der Waals surface area (Å²) in [7, 11) is 0. The standard InChI is InChI=1S/C29H33FN4O2/c1-22-18-26(30)12-11-24(22)19-29(36)33-17-16-32(21-27-9-5-6-13-31-27)14-7-15-34(23(2)35)28-10-4-3-8-25(28)20-33/h3-6,8-13,18H,7,14-17,19-21H2,1-2H3. The van der Waals surface area contributed by atoms with Gasteiger partial charge in [-0.1, -0.05) is 30.3 Å². The Bertz CT molecular complexity index is 1200. The van der Waals surface area contributed by atoms with E-state index in [9.17, 15) is 14.0 Å². The highest BCUT2D eigenvalue weighted by Gasteiger charge is 2.23. The topological polar surface area (TPSA) is 56.8 Å². The molecule has 36 heavy (non-hydrogen) atoms. The van der Waals surface area contributed by atoms with Crippen LogP contribution in [0, 0.1) is 12.7 Å². The van der Waals surface area contributed by atoms with E-state index in [1.807, 2.05) is 59.2 Å². The second-order valence-electron chi connectivity index (χ2n) is 9.31. The number of aromatic nitrogens is 1. The number of carbonyl (C=O) groups excluding carboxylic acids is 2. The maximum Gasteiger partial charge on any atom is 0.227 e. The maximum absolute atomic E-state index is 13.6. The Kier molecular flexibility index (Phi) is 8.44. The van der Waals surface area contributed by atoms with Crippen LogP contribution in [0.25, 0.3) is 0 Å². The van der Waals surface area contributed by atoms with Crippen LogP contribution in [-0.2, 0) is 29.1 Å². The Balaban J connectivity index is 1.62. The molecule has 1 aliphatic rings. The molecule has 2 heterocycles. The number of amides is 2. The summed E-state index contributed by atoms with van der Waals surface area (Å²) in [5.74, 6) is -0.342. The molecule has 1 aliphatic heterocycles. The van der Waals surface area contributed by atoms with Crippen LogP contribution in [0.2, 0.25) is 0 Å². The maximum atomic E-state index is 13.6. The Hall–Kier alpha value is -3.58. The predicted molar refractivity (Wildman–Crippen MR) is 139 cm³/mol. The molecule has 0 unspecified atom stereocenters. The van der Waals surface area contributed by atoms with Crippen LogP contribution < -0.4 is 4.90 Å². The van der Waals surface area contributed by atoms with Crippen LogP contribution in [0.15, 0.2) is 66.9 Å². The number of benzene rings is 2. The second-order valence-corrected chi connectivity index (χ2v) is 9.31. The quantitative estimate of drug-likeness (QED) is 0.548. The summed E-state index contributed by atoms with van der Waals surface area (Å²) in [6.07, 6.45) is 2.80. The third-order valence-corrected chi connectivity index (χ3v) is 6.68. The molecular weight excluding hydrogens is 455 g/mol. The second kappa shape index (κ2) is 11.9. The van der Waals surface area contributed by atoms with E-state index in [2.05, 4.69) is 9.88 Å². The van der Waals surface area contributed by atoms with Gasteiger partial charge in [0.2, 0.25) is 11.8 Å². The number of hydrogen-bond donors (Lipinski definition) is 0. The fourth-order valence-corrected chi connectivity index (χ4v) is 4.69. The highest BCUT2D eigenvalue weighted by molar-refractivity contribution is 5.92. The van der Waals surface area contributed by atoms with Crippen LogP contribution in [-0.4, -0.2) is 52.8 Å². The van der Waals surface area contributed by atoms with Gasteiger partial charge in [-0.3, -0.25) is 19.5 Å². The van der Waals surface area contributed by atoms with Crippen molar-refractivity contribution in [2.75, 3.05) is 31.1 Å². The number of rotatable bonds is 4. The Morgan fingerprint density at radius 1 is 0.972 bits per heavy atom. The molecule has 3 aromatic rings. The summed E-state index contributed by atoms with van der Waals surface area (Å²) in [5.41, 5.74) is 4.34. The minimum Gasteiger partial charge on any atom is -0.337 e. The smallest absolute Gasteiger partial charge is 0.227 e. The van der Waals surface area contributed by atoms with Crippen molar-refractivity contribution in [3.05, 3.63) is 95.1 Å². The van der Waals surface area contributed by atoms with E-state index >= 15 is 0 Å². The average Bonchev–Trinajstić information content (AvgIpc) is 2.89. The first kappa shape index (κ1) is 25.5. The van der Waals surface area contributed by atoms with Crippen LogP contribution in [0.3, 0.4) is 0 Å². The Morgan fingerprint density at radius 3 is 2.53 bits per heavy atom. The zero-order valence-corrected chi connectivity index (χ0v) is 21.0. The molecule has 0 atom stereocenters. The van der Waals surface area contributed by atoms with E-state index < -0.39 is 0 Å². The molecule has 0 radical (unpaired) electrons. The molecular formula is C29H33FN4O2. The lowest BCUT2D eigenvalue weighted by molar-refractivity contribution is -0.131. The molecule has 0 saturated carbocycles. The van der Waals surface area contributed by atoms with Crippen molar-refractivity contribution in [1.82, 2.24) is 14.8 Å². The van der Waals surface area contributed by atoms with Gasteiger partial charge in [-0.15, -0.1) is 0 Å². The van der Waals surface area contributed by atoms with Gasteiger partial charge in [0, 0.05) is 58.1 Å². The molecule has 4 rings (SSSR count). The van der Waals surface area contributed by atoms with Crippen molar-refractivity contribution >= 4 is 17.5 Å². The van der Waals surface area contributed by atoms with Crippen molar-refractivity contribution in [3.63, 3.8) is 0 Å². The largest absolute Gasteiger partial charge is 0.337 e. The van der Waals surface area contributed by atoms with E-state index in [4.69, 9.17) is 0 Å². The van der Waals surface area contributed by atoms with Gasteiger partial charge in [-0.25, -0.2) is 4.39 Å². The van der Waals surface area contributed by atoms with Gasteiger partial charge < -0.3 is 9.80 Å². The van der Waals surface area contributed by atoms with Gasteiger partial charge in [-0.05, 0) is 60.4 Å².